The van der Waals surface area contributed by atoms with Crippen LogP contribution in [0.2, 0.25) is 0 Å². The van der Waals surface area contributed by atoms with Gasteiger partial charge in [0.05, 0.1) is 5.76 Å². The minimum atomic E-state index is -4.62. The molecule has 0 aromatic rings. The molecule has 0 aliphatic heterocycles. The first-order valence-electron chi connectivity index (χ1n) is 3.23. The van der Waals surface area contributed by atoms with E-state index in [4.69, 9.17) is 5.11 Å². The summed E-state index contributed by atoms with van der Waals surface area (Å²) in [5.41, 5.74) is 0. The first kappa shape index (κ1) is 9.09. The quantitative estimate of drug-likeness (QED) is 0.571. The smallest absolute Gasteiger partial charge is 0.398 e. The van der Waals surface area contributed by atoms with Crippen LogP contribution in [-0.2, 0) is 0 Å². The van der Waals surface area contributed by atoms with Gasteiger partial charge < -0.3 is 5.11 Å². The highest BCUT2D eigenvalue weighted by atomic mass is 19.4. The lowest BCUT2D eigenvalue weighted by Gasteiger charge is -2.20. The van der Waals surface area contributed by atoms with Crippen molar-refractivity contribution < 1.29 is 22.7 Å². The number of aliphatic hydroxyl groups is 1. The lowest BCUT2D eigenvalue weighted by molar-refractivity contribution is -0.169. The van der Waals surface area contributed by atoms with E-state index in [9.17, 15) is 17.6 Å². The summed E-state index contributed by atoms with van der Waals surface area (Å²) >= 11 is 0. The fourth-order valence-corrected chi connectivity index (χ4v) is 0.939. The first-order chi connectivity index (χ1) is 5.41. The van der Waals surface area contributed by atoms with Crippen LogP contribution in [-0.4, -0.2) is 11.3 Å². The van der Waals surface area contributed by atoms with Crippen molar-refractivity contribution in [3.63, 3.8) is 0 Å². The zero-order chi connectivity index (χ0) is 9.35. The topological polar surface area (TPSA) is 20.2 Å². The Balaban J connectivity index is 2.84. The van der Waals surface area contributed by atoms with Gasteiger partial charge in [0.15, 0.2) is 0 Å². The fourth-order valence-electron chi connectivity index (χ4n) is 0.939. The number of allylic oxidation sites excluding steroid dienone is 4. The standard InChI is InChI=1S/C7H6F4O/c8-6-2-1-4(12)3-5(6)7(9,10)11/h1-2,5,12H,3H2. The second kappa shape index (κ2) is 2.80. The maximum Gasteiger partial charge on any atom is 0.398 e. The minimum Gasteiger partial charge on any atom is -0.512 e. The van der Waals surface area contributed by atoms with Gasteiger partial charge in [-0.05, 0) is 12.2 Å². The predicted octanol–water partition coefficient (Wildman–Crippen LogP) is 2.86. The van der Waals surface area contributed by atoms with E-state index in [0.717, 1.165) is 6.08 Å². The maximum atomic E-state index is 12.5. The van der Waals surface area contributed by atoms with Gasteiger partial charge in [0.1, 0.15) is 11.7 Å². The van der Waals surface area contributed by atoms with E-state index in [-0.39, 0.29) is 0 Å². The molecule has 1 unspecified atom stereocenters. The molecular weight excluding hydrogens is 176 g/mol. The summed E-state index contributed by atoms with van der Waals surface area (Å²) in [5.74, 6) is -3.87. The molecule has 68 valence electrons. The van der Waals surface area contributed by atoms with Gasteiger partial charge in [0.25, 0.3) is 0 Å². The van der Waals surface area contributed by atoms with Crippen molar-refractivity contribution in [1.29, 1.82) is 0 Å². The summed E-state index contributed by atoms with van der Waals surface area (Å²) in [6.07, 6.45) is -3.76. The van der Waals surface area contributed by atoms with Gasteiger partial charge in [-0.3, -0.25) is 0 Å². The molecule has 1 nitrogen and oxygen atoms in total. The fraction of sp³-hybridized carbons (Fsp3) is 0.429. The van der Waals surface area contributed by atoms with E-state index in [0.29, 0.717) is 6.08 Å². The number of halogens is 4. The highest BCUT2D eigenvalue weighted by Crippen LogP contribution is 2.38. The van der Waals surface area contributed by atoms with Gasteiger partial charge in [-0.15, -0.1) is 0 Å². The van der Waals surface area contributed by atoms with Crippen LogP contribution in [0.4, 0.5) is 17.6 Å². The largest absolute Gasteiger partial charge is 0.512 e. The van der Waals surface area contributed by atoms with Crippen LogP contribution in [0, 0.1) is 5.92 Å². The molecule has 1 aliphatic carbocycles. The molecule has 1 N–H and O–H groups in total. The van der Waals surface area contributed by atoms with Crippen molar-refractivity contribution in [3.8, 4) is 0 Å². The van der Waals surface area contributed by atoms with E-state index in [1.807, 2.05) is 0 Å². The van der Waals surface area contributed by atoms with Gasteiger partial charge in [-0.25, -0.2) is 4.39 Å². The van der Waals surface area contributed by atoms with Crippen molar-refractivity contribution in [3.05, 3.63) is 23.7 Å². The van der Waals surface area contributed by atoms with E-state index >= 15 is 0 Å². The zero-order valence-electron chi connectivity index (χ0n) is 5.90. The first-order valence-corrected chi connectivity index (χ1v) is 3.23. The average Bonchev–Trinajstić information content (AvgIpc) is 1.92. The number of hydrogen-bond acceptors (Lipinski definition) is 1. The predicted molar refractivity (Wildman–Crippen MR) is 34.1 cm³/mol. The zero-order valence-corrected chi connectivity index (χ0v) is 5.90. The Morgan fingerprint density at radius 1 is 1.33 bits per heavy atom. The Labute approximate surface area is 66.0 Å². The summed E-state index contributed by atoms with van der Waals surface area (Å²) < 4.78 is 48.3. The summed E-state index contributed by atoms with van der Waals surface area (Å²) in [6.45, 7) is 0. The van der Waals surface area contributed by atoms with Crippen molar-refractivity contribution in [2.24, 2.45) is 5.92 Å². The normalized spacial score (nSPS) is 24.8. The minimum absolute atomic E-state index is 0.446. The van der Waals surface area contributed by atoms with Gasteiger partial charge >= 0.3 is 6.18 Å². The Morgan fingerprint density at radius 3 is 2.33 bits per heavy atom. The Morgan fingerprint density at radius 2 is 1.92 bits per heavy atom. The van der Waals surface area contributed by atoms with E-state index in [2.05, 4.69) is 0 Å². The number of hydrogen-bond donors (Lipinski definition) is 1. The molecule has 0 saturated carbocycles. The molecule has 1 atom stereocenters. The van der Waals surface area contributed by atoms with Crippen LogP contribution in [0.25, 0.3) is 0 Å². The summed E-state index contributed by atoms with van der Waals surface area (Å²) in [5, 5.41) is 8.71. The molecule has 0 aromatic heterocycles. The van der Waals surface area contributed by atoms with Crippen LogP contribution in [0.1, 0.15) is 6.42 Å². The Bertz CT molecular complexity index is 238. The molecule has 1 rings (SSSR count). The molecule has 0 fully saturated rings. The highest BCUT2D eigenvalue weighted by Gasteiger charge is 2.43. The Kier molecular flexibility index (Phi) is 2.12. The lowest BCUT2D eigenvalue weighted by Crippen LogP contribution is -2.25. The summed E-state index contributed by atoms with van der Waals surface area (Å²) in [7, 11) is 0. The van der Waals surface area contributed by atoms with Crippen molar-refractivity contribution in [1.82, 2.24) is 0 Å². The van der Waals surface area contributed by atoms with E-state index < -0.39 is 30.1 Å². The van der Waals surface area contributed by atoms with Crippen molar-refractivity contribution in [2.45, 2.75) is 12.6 Å². The molecule has 0 saturated heterocycles. The monoisotopic (exact) mass is 182 g/mol. The van der Waals surface area contributed by atoms with Gasteiger partial charge in [-0.1, -0.05) is 0 Å². The van der Waals surface area contributed by atoms with Crippen LogP contribution in [0.15, 0.2) is 23.7 Å². The van der Waals surface area contributed by atoms with Gasteiger partial charge in [0, 0.05) is 6.42 Å². The average molecular weight is 182 g/mol. The SMILES string of the molecule is OC1=CC=C(F)C(C(F)(F)F)C1. The third kappa shape index (κ3) is 1.78. The third-order valence-electron chi connectivity index (χ3n) is 1.58. The molecule has 0 spiro atoms. The number of rotatable bonds is 0. The summed E-state index contributed by atoms with van der Waals surface area (Å²) in [4.78, 5) is 0. The molecule has 5 heteroatoms. The maximum absolute atomic E-state index is 12.5. The number of alkyl halides is 3. The molecule has 0 amide bonds. The molecule has 0 heterocycles. The van der Waals surface area contributed by atoms with Crippen LogP contribution < -0.4 is 0 Å². The van der Waals surface area contributed by atoms with E-state index in [1.165, 1.54) is 0 Å². The van der Waals surface area contributed by atoms with Crippen LogP contribution in [0.3, 0.4) is 0 Å². The number of aliphatic hydroxyl groups excluding tert-OH is 1. The van der Waals surface area contributed by atoms with Gasteiger partial charge in [-0.2, -0.15) is 13.2 Å². The second-order valence-electron chi connectivity index (χ2n) is 2.51. The molecule has 0 aromatic carbocycles. The van der Waals surface area contributed by atoms with Gasteiger partial charge in [0.2, 0.25) is 0 Å². The van der Waals surface area contributed by atoms with E-state index in [1.54, 1.807) is 0 Å². The molecule has 0 bridgehead atoms. The van der Waals surface area contributed by atoms with Crippen LogP contribution >= 0.6 is 0 Å². The van der Waals surface area contributed by atoms with Crippen molar-refractivity contribution >= 4 is 0 Å². The molecule has 1 aliphatic rings. The molecule has 12 heavy (non-hydrogen) atoms. The Hall–Kier alpha value is -1.00. The van der Waals surface area contributed by atoms with Crippen molar-refractivity contribution in [2.75, 3.05) is 0 Å². The molecular formula is C7H6F4O. The van der Waals surface area contributed by atoms with Crippen LogP contribution in [0.5, 0.6) is 0 Å². The summed E-state index contributed by atoms with van der Waals surface area (Å²) in [6, 6.07) is 0. The highest BCUT2D eigenvalue weighted by molar-refractivity contribution is 5.20. The third-order valence-corrected chi connectivity index (χ3v) is 1.58. The lowest BCUT2D eigenvalue weighted by atomic mass is 9.98. The second-order valence-corrected chi connectivity index (χ2v) is 2.51. The molecule has 0 radical (unpaired) electrons.